The van der Waals surface area contributed by atoms with Crippen LogP contribution in [0.3, 0.4) is 0 Å². The fraction of sp³-hybridized carbons (Fsp3) is 0.842. The van der Waals surface area contributed by atoms with Gasteiger partial charge in [0.15, 0.2) is 0 Å². The van der Waals surface area contributed by atoms with E-state index in [0.717, 1.165) is 19.3 Å². The van der Waals surface area contributed by atoms with Gasteiger partial charge >= 0.3 is 0 Å². The largest absolute Gasteiger partial charge is 0.300 e. The lowest BCUT2D eigenvalue weighted by Crippen LogP contribution is -2.56. The molecular formula is C19H26O3. The van der Waals surface area contributed by atoms with Crippen LogP contribution in [0, 0.1) is 34.5 Å². The summed E-state index contributed by atoms with van der Waals surface area (Å²) < 4.78 is 0. The average molecular weight is 302 g/mol. The number of fused-ring (bicyclic) bond motifs is 5. The quantitative estimate of drug-likeness (QED) is 0.689. The van der Waals surface area contributed by atoms with E-state index in [1.165, 1.54) is 0 Å². The van der Waals surface area contributed by atoms with Gasteiger partial charge in [-0.1, -0.05) is 13.8 Å². The molecule has 3 heteroatoms. The van der Waals surface area contributed by atoms with Crippen molar-refractivity contribution >= 4 is 17.3 Å². The predicted octanol–water partition coefficient (Wildman–Crippen LogP) is 3.35. The van der Waals surface area contributed by atoms with Gasteiger partial charge in [0.25, 0.3) is 0 Å². The van der Waals surface area contributed by atoms with E-state index in [4.69, 9.17) is 0 Å². The molecule has 4 fully saturated rings. The summed E-state index contributed by atoms with van der Waals surface area (Å²) in [6.45, 7) is 4.55. The molecule has 0 aromatic heterocycles. The minimum Gasteiger partial charge on any atom is -0.300 e. The molecule has 0 unspecified atom stereocenters. The Bertz CT molecular complexity index is 565. The lowest BCUT2D eigenvalue weighted by molar-refractivity contribution is -0.156. The lowest BCUT2D eigenvalue weighted by atomic mass is 9.45. The van der Waals surface area contributed by atoms with Crippen molar-refractivity contribution in [2.24, 2.45) is 34.5 Å². The Balaban J connectivity index is 1.71. The maximum atomic E-state index is 12.9. The molecule has 4 rings (SSSR count). The first kappa shape index (κ1) is 14.6. The Labute approximate surface area is 132 Å². The molecule has 4 aliphatic rings. The second kappa shape index (κ2) is 4.52. The highest BCUT2D eigenvalue weighted by Crippen LogP contribution is 2.64. The van der Waals surface area contributed by atoms with Gasteiger partial charge in [-0.05, 0) is 47.8 Å². The Morgan fingerprint density at radius 3 is 2.45 bits per heavy atom. The third-order valence-electron chi connectivity index (χ3n) is 7.85. The van der Waals surface area contributed by atoms with Gasteiger partial charge in [-0.3, -0.25) is 14.4 Å². The van der Waals surface area contributed by atoms with Crippen molar-refractivity contribution in [3.8, 4) is 0 Å². The van der Waals surface area contributed by atoms with Crippen molar-refractivity contribution in [2.45, 2.75) is 65.2 Å². The fourth-order valence-electron chi connectivity index (χ4n) is 6.51. The van der Waals surface area contributed by atoms with E-state index in [-0.39, 0.29) is 28.6 Å². The number of carbonyl (C=O) groups is 3. The van der Waals surface area contributed by atoms with Crippen LogP contribution >= 0.6 is 0 Å². The molecule has 6 atom stereocenters. The van der Waals surface area contributed by atoms with Gasteiger partial charge in [0.05, 0.1) is 0 Å². The van der Waals surface area contributed by atoms with Crippen molar-refractivity contribution in [1.29, 1.82) is 0 Å². The zero-order valence-corrected chi connectivity index (χ0v) is 13.7. The number of rotatable bonds is 0. The number of hydrogen-bond acceptors (Lipinski definition) is 3. The van der Waals surface area contributed by atoms with E-state index >= 15 is 0 Å². The Morgan fingerprint density at radius 2 is 1.68 bits per heavy atom. The van der Waals surface area contributed by atoms with Crippen molar-refractivity contribution in [1.82, 2.24) is 0 Å². The van der Waals surface area contributed by atoms with Crippen molar-refractivity contribution in [2.75, 3.05) is 0 Å². The minimum absolute atomic E-state index is 0.0571. The van der Waals surface area contributed by atoms with Crippen LogP contribution in [0.15, 0.2) is 0 Å². The highest BCUT2D eigenvalue weighted by molar-refractivity contribution is 5.88. The van der Waals surface area contributed by atoms with Crippen LogP contribution in [-0.4, -0.2) is 17.3 Å². The summed E-state index contributed by atoms with van der Waals surface area (Å²) >= 11 is 0. The van der Waals surface area contributed by atoms with Gasteiger partial charge in [0.2, 0.25) is 0 Å². The van der Waals surface area contributed by atoms with Crippen molar-refractivity contribution < 1.29 is 14.4 Å². The molecule has 4 aliphatic carbocycles. The summed E-state index contributed by atoms with van der Waals surface area (Å²) in [5.74, 6) is 2.05. The first-order valence-electron chi connectivity index (χ1n) is 8.90. The molecule has 0 heterocycles. The fourth-order valence-corrected chi connectivity index (χ4v) is 6.51. The van der Waals surface area contributed by atoms with E-state index in [0.29, 0.717) is 55.4 Å². The number of ketones is 3. The SMILES string of the molecule is C[C@]12CC[C@@H]3[C@H](C(=O)C[C@H]4CC(=O)CC[C@]43C)[C@@H]1CC(=O)C2. The molecule has 22 heavy (non-hydrogen) atoms. The van der Waals surface area contributed by atoms with Crippen LogP contribution in [-0.2, 0) is 14.4 Å². The molecule has 0 aromatic carbocycles. The maximum absolute atomic E-state index is 12.9. The Hall–Kier alpha value is -0.990. The highest BCUT2D eigenvalue weighted by Gasteiger charge is 2.61. The summed E-state index contributed by atoms with van der Waals surface area (Å²) in [4.78, 5) is 36.8. The number of hydrogen-bond donors (Lipinski definition) is 0. The first-order valence-corrected chi connectivity index (χ1v) is 8.90. The molecule has 4 saturated carbocycles. The standard InChI is InChI=1S/C19H26O3/c1-18-5-4-14-17(15(18)9-13(21)10-18)16(22)8-11-7-12(20)3-6-19(11,14)2/h11,14-15,17H,3-10H2,1-2H3/t11-,14-,15+,17+,18-,19-/m1/s1. The van der Waals surface area contributed by atoms with Crippen LogP contribution < -0.4 is 0 Å². The summed E-state index contributed by atoms with van der Waals surface area (Å²) in [7, 11) is 0. The van der Waals surface area contributed by atoms with Crippen LogP contribution in [0.2, 0.25) is 0 Å². The predicted molar refractivity (Wildman–Crippen MR) is 82.1 cm³/mol. The van der Waals surface area contributed by atoms with Gasteiger partial charge in [-0.25, -0.2) is 0 Å². The topological polar surface area (TPSA) is 51.2 Å². The molecular weight excluding hydrogens is 276 g/mol. The monoisotopic (exact) mass is 302 g/mol. The molecule has 120 valence electrons. The Kier molecular flexibility index (Phi) is 3.00. The van der Waals surface area contributed by atoms with E-state index in [2.05, 4.69) is 13.8 Å². The van der Waals surface area contributed by atoms with E-state index in [9.17, 15) is 14.4 Å². The van der Waals surface area contributed by atoms with Gasteiger partial charge in [0.1, 0.15) is 17.3 Å². The summed E-state index contributed by atoms with van der Waals surface area (Å²) in [5, 5.41) is 0. The van der Waals surface area contributed by atoms with Crippen LogP contribution in [0.5, 0.6) is 0 Å². The molecule has 0 spiro atoms. The summed E-state index contributed by atoms with van der Waals surface area (Å²) in [6, 6.07) is 0. The molecule has 0 bridgehead atoms. The molecule has 0 amide bonds. The van der Waals surface area contributed by atoms with Crippen LogP contribution in [0.4, 0.5) is 0 Å². The molecule has 0 aromatic rings. The summed E-state index contributed by atoms with van der Waals surface area (Å²) in [5.41, 5.74) is 0.195. The van der Waals surface area contributed by atoms with E-state index < -0.39 is 0 Å². The minimum atomic E-state index is 0.0571. The maximum Gasteiger partial charge on any atom is 0.136 e. The van der Waals surface area contributed by atoms with Crippen molar-refractivity contribution in [3.63, 3.8) is 0 Å². The molecule has 0 radical (unpaired) electrons. The van der Waals surface area contributed by atoms with Gasteiger partial charge < -0.3 is 0 Å². The van der Waals surface area contributed by atoms with Gasteiger partial charge in [-0.15, -0.1) is 0 Å². The smallest absolute Gasteiger partial charge is 0.136 e. The third-order valence-corrected chi connectivity index (χ3v) is 7.85. The zero-order chi connectivity index (χ0) is 15.7. The second-order valence-corrected chi connectivity index (χ2v) is 8.97. The van der Waals surface area contributed by atoms with Crippen LogP contribution in [0.1, 0.15) is 65.2 Å². The number of Topliss-reactive ketones (excluding diaryl/α,β-unsaturated/α-hetero) is 3. The summed E-state index contributed by atoms with van der Waals surface area (Å²) in [6.07, 6.45) is 6.24. The third kappa shape index (κ3) is 1.83. The highest BCUT2D eigenvalue weighted by atomic mass is 16.1. The number of carbonyl (C=O) groups excluding carboxylic acids is 3. The average Bonchev–Trinajstić information content (AvgIpc) is 2.75. The van der Waals surface area contributed by atoms with E-state index in [1.54, 1.807) is 0 Å². The molecule has 0 N–H and O–H groups in total. The second-order valence-electron chi connectivity index (χ2n) is 8.97. The normalized spacial score (nSPS) is 51.3. The van der Waals surface area contributed by atoms with Crippen molar-refractivity contribution in [3.05, 3.63) is 0 Å². The molecule has 0 aliphatic heterocycles. The lowest BCUT2D eigenvalue weighted by Gasteiger charge is -2.58. The van der Waals surface area contributed by atoms with Crippen LogP contribution in [0.25, 0.3) is 0 Å². The van der Waals surface area contributed by atoms with E-state index in [1.807, 2.05) is 0 Å². The zero-order valence-electron chi connectivity index (χ0n) is 13.7. The van der Waals surface area contributed by atoms with Gasteiger partial charge in [-0.2, -0.15) is 0 Å². The first-order chi connectivity index (χ1) is 10.3. The molecule has 0 saturated heterocycles. The molecule has 3 nitrogen and oxygen atoms in total. The van der Waals surface area contributed by atoms with Gasteiger partial charge in [0, 0.05) is 38.0 Å². The Morgan fingerprint density at radius 1 is 0.909 bits per heavy atom.